The molecule has 4 rings (SSSR count). The summed E-state index contributed by atoms with van der Waals surface area (Å²) in [7, 11) is 0. The van der Waals surface area contributed by atoms with Crippen LogP contribution in [0.1, 0.15) is 24.0 Å². The van der Waals surface area contributed by atoms with E-state index < -0.39 is 0 Å². The minimum atomic E-state index is 0.0636. The highest BCUT2D eigenvalue weighted by atomic mass is 16.5. The molecule has 1 amide bonds. The lowest BCUT2D eigenvalue weighted by Crippen LogP contribution is -2.11. The number of benzene rings is 2. The number of ether oxygens (including phenoxy) is 1. The van der Waals surface area contributed by atoms with Gasteiger partial charge in [-0.05, 0) is 48.2 Å². The second-order valence-electron chi connectivity index (χ2n) is 6.18. The second-order valence-corrected chi connectivity index (χ2v) is 6.18. The molecule has 0 saturated carbocycles. The maximum atomic E-state index is 12.2. The maximum absolute atomic E-state index is 12.2. The van der Waals surface area contributed by atoms with Gasteiger partial charge in [-0.25, -0.2) is 0 Å². The standard InChI is InChI=1S/C20H20N2O2/c23-20(22-16-8-9-19-14(12-16)10-11-24-19)7-3-4-15-13-21-18-6-2-1-5-17(15)18/h1-2,5-6,8-9,12-13,21H,3-4,7,10-11H2,(H,22,23). The largest absolute Gasteiger partial charge is 0.493 e. The summed E-state index contributed by atoms with van der Waals surface area (Å²) >= 11 is 0. The molecule has 0 saturated heterocycles. The van der Waals surface area contributed by atoms with Gasteiger partial charge in [0.2, 0.25) is 5.91 Å². The Balaban J connectivity index is 1.32. The van der Waals surface area contributed by atoms with Crippen LogP contribution in [-0.2, 0) is 17.6 Å². The molecule has 2 N–H and O–H groups in total. The Hall–Kier alpha value is -2.75. The summed E-state index contributed by atoms with van der Waals surface area (Å²) < 4.78 is 5.48. The molecule has 2 heterocycles. The van der Waals surface area contributed by atoms with Crippen LogP contribution in [-0.4, -0.2) is 17.5 Å². The Morgan fingerprint density at radius 2 is 2.12 bits per heavy atom. The maximum Gasteiger partial charge on any atom is 0.224 e. The fraction of sp³-hybridized carbons (Fsp3) is 0.250. The van der Waals surface area contributed by atoms with Crippen LogP contribution in [0.2, 0.25) is 0 Å². The lowest BCUT2D eigenvalue weighted by molar-refractivity contribution is -0.116. The predicted octanol–water partition coefficient (Wildman–Crippen LogP) is 4.06. The first kappa shape index (κ1) is 14.8. The molecule has 0 atom stereocenters. The van der Waals surface area contributed by atoms with Gasteiger partial charge in [0.15, 0.2) is 0 Å². The molecule has 122 valence electrons. The minimum Gasteiger partial charge on any atom is -0.493 e. The smallest absolute Gasteiger partial charge is 0.224 e. The number of aromatic amines is 1. The van der Waals surface area contributed by atoms with Gasteiger partial charge in [0.25, 0.3) is 0 Å². The summed E-state index contributed by atoms with van der Waals surface area (Å²) in [6.07, 6.45) is 5.22. The van der Waals surface area contributed by atoms with Gasteiger partial charge in [0.1, 0.15) is 5.75 Å². The molecule has 4 heteroatoms. The van der Waals surface area contributed by atoms with Crippen molar-refractivity contribution in [2.45, 2.75) is 25.7 Å². The van der Waals surface area contributed by atoms with Gasteiger partial charge in [-0.1, -0.05) is 18.2 Å². The highest BCUT2D eigenvalue weighted by molar-refractivity contribution is 5.91. The molecule has 2 aromatic carbocycles. The first-order chi connectivity index (χ1) is 11.8. The van der Waals surface area contributed by atoms with E-state index in [0.29, 0.717) is 6.42 Å². The van der Waals surface area contributed by atoms with Crippen LogP contribution in [0.5, 0.6) is 5.75 Å². The van der Waals surface area contributed by atoms with Crippen LogP contribution < -0.4 is 10.1 Å². The van der Waals surface area contributed by atoms with Crippen LogP contribution in [0.15, 0.2) is 48.7 Å². The fourth-order valence-corrected chi connectivity index (χ4v) is 3.27. The molecular weight excluding hydrogens is 300 g/mol. The summed E-state index contributed by atoms with van der Waals surface area (Å²) in [5.74, 6) is 1.00. The number of hydrogen-bond acceptors (Lipinski definition) is 2. The zero-order chi connectivity index (χ0) is 16.4. The Bertz CT molecular complexity index is 882. The van der Waals surface area contributed by atoms with Gasteiger partial charge >= 0.3 is 0 Å². The number of fused-ring (bicyclic) bond motifs is 2. The SMILES string of the molecule is O=C(CCCc1c[nH]c2ccccc12)Nc1ccc2c(c1)CCO2. The number of rotatable bonds is 5. The number of aromatic nitrogens is 1. The van der Waals surface area contributed by atoms with Crippen LogP contribution in [0.4, 0.5) is 5.69 Å². The molecule has 0 fully saturated rings. The van der Waals surface area contributed by atoms with E-state index in [4.69, 9.17) is 4.74 Å². The third-order valence-corrected chi connectivity index (χ3v) is 4.50. The van der Waals surface area contributed by atoms with Gasteiger partial charge < -0.3 is 15.0 Å². The third kappa shape index (κ3) is 3.00. The number of H-pyrrole nitrogens is 1. The average molecular weight is 320 g/mol. The number of anilines is 1. The molecule has 0 bridgehead atoms. The van der Waals surface area contributed by atoms with Crippen molar-refractivity contribution in [1.82, 2.24) is 4.98 Å². The molecule has 0 radical (unpaired) electrons. The van der Waals surface area contributed by atoms with Crippen molar-refractivity contribution < 1.29 is 9.53 Å². The molecule has 3 aromatic rings. The van der Waals surface area contributed by atoms with Gasteiger partial charge in [-0.15, -0.1) is 0 Å². The first-order valence-electron chi connectivity index (χ1n) is 8.40. The molecule has 0 unspecified atom stereocenters. The lowest BCUT2D eigenvalue weighted by atomic mass is 10.1. The Morgan fingerprint density at radius 3 is 3.08 bits per heavy atom. The highest BCUT2D eigenvalue weighted by Gasteiger charge is 2.13. The number of carbonyl (C=O) groups excluding carboxylic acids is 1. The van der Waals surface area contributed by atoms with Crippen molar-refractivity contribution >= 4 is 22.5 Å². The van der Waals surface area contributed by atoms with Crippen LogP contribution in [0.25, 0.3) is 10.9 Å². The van der Waals surface area contributed by atoms with Crippen molar-refractivity contribution in [3.05, 3.63) is 59.8 Å². The molecule has 1 aliphatic heterocycles. The number of carbonyl (C=O) groups is 1. The van der Waals surface area contributed by atoms with Crippen molar-refractivity contribution in [3.8, 4) is 5.75 Å². The van der Waals surface area contributed by atoms with Gasteiger partial charge in [0.05, 0.1) is 6.61 Å². The summed E-state index contributed by atoms with van der Waals surface area (Å²) in [5.41, 5.74) is 4.45. The number of aryl methyl sites for hydroxylation is 1. The Morgan fingerprint density at radius 1 is 1.21 bits per heavy atom. The molecule has 0 aliphatic carbocycles. The molecule has 1 aliphatic rings. The van der Waals surface area contributed by atoms with E-state index in [9.17, 15) is 4.79 Å². The fourth-order valence-electron chi connectivity index (χ4n) is 3.27. The average Bonchev–Trinajstić information content (AvgIpc) is 3.21. The number of para-hydroxylation sites is 1. The Labute approximate surface area is 140 Å². The summed E-state index contributed by atoms with van der Waals surface area (Å²) in [6, 6.07) is 14.1. The first-order valence-corrected chi connectivity index (χ1v) is 8.40. The van der Waals surface area contributed by atoms with Crippen molar-refractivity contribution in [2.75, 3.05) is 11.9 Å². The van der Waals surface area contributed by atoms with Crippen molar-refractivity contribution in [1.29, 1.82) is 0 Å². The van der Waals surface area contributed by atoms with E-state index in [1.807, 2.05) is 36.5 Å². The summed E-state index contributed by atoms with van der Waals surface area (Å²) in [5, 5.41) is 4.23. The zero-order valence-corrected chi connectivity index (χ0v) is 13.5. The van der Waals surface area contributed by atoms with E-state index in [0.717, 1.165) is 42.8 Å². The van der Waals surface area contributed by atoms with E-state index >= 15 is 0 Å². The second kappa shape index (κ2) is 6.40. The van der Waals surface area contributed by atoms with Gasteiger partial charge in [-0.2, -0.15) is 0 Å². The summed E-state index contributed by atoms with van der Waals surface area (Å²) in [4.78, 5) is 15.4. The Kier molecular flexibility index (Phi) is 3.95. The molecular formula is C20H20N2O2. The quantitative estimate of drug-likeness (QED) is 0.745. The molecule has 4 nitrogen and oxygen atoms in total. The van der Waals surface area contributed by atoms with Gasteiger partial charge in [0, 0.05) is 35.6 Å². The van der Waals surface area contributed by atoms with Crippen LogP contribution in [0, 0.1) is 0 Å². The lowest BCUT2D eigenvalue weighted by Gasteiger charge is -2.07. The van der Waals surface area contributed by atoms with E-state index in [1.165, 1.54) is 16.5 Å². The number of hydrogen-bond donors (Lipinski definition) is 2. The van der Waals surface area contributed by atoms with Gasteiger partial charge in [-0.3, -0.25) is 4.79 Å². The van der Waals surface area contributed by atoms with E-state index in [1.54, 1.807) is 0 Å². The predicted molar refractivity (Wildman–Crippen MR) is 95.5 cm³/mol. The number of nitrogens with one attached hydrogen (secondary N) is 2. The molecule has 1 aromatic heterocycles. The monoisotopic (exact) mass is 320 g/mol. The molecule has 24 heavy (non-hydrogen) atoms. The van der Waals surface area contributed by atoms with Crippen molar-refractivity contribution in [3.63, 3.8) is 0 Å². The molecule has 0 spiro atoms. The topological polar surface area (TPSA) is 54.1 Å². The van der Waals surface area contributed by atoms with E-state index in [-0.39, 0.29) is 5.91 Å². The van der Waals surface area contributed by atoms with Crippen molar-refractivity contribution in [2.24, 2.45) is 0 Å². The van der Waals surface area contributed by atoms with Crippen LogP contribution >= 0.6 is 0 Å². The normalized spacial score (nSPS) is 12.8. The minimum absolute atomic E-state index is 0.0636. The third-order valence-electron chi connectivity index (χ3n) is 4.50. The number of amides is 1. The summed E-state index contributed by atoms with van der Waals surface area (Å²) in [6.45, 7) is 0.733. The van der Waals surface area contributed by atoms with Crippen LogP contribution in [0.3, 0.4) is 0 Å². The van der Waals surface area contributed by atoms with E-state index in [2.05, 4.69) is 22.4 Å². The highest BCUT2D eigenvalue weighted by Crippen LogP contribution is 2.28. The zero-order valence-electron chi connectivity index (χ0n) is 13.5.